The zero-order chi connectivity index (χ0) is 18.7. The fourth-order valence-electron chi connectivity index (χ4n) is 2.25. The van der Waals surface area contributed by atoms with E-state index in [2.05, 4.69) is 36.5 Å². The Bertz CT molecular complexity index is 911. The van der Waals surface area contributed by atoms with Gasteiger partial charge in [0.05, 0.1) is 0 Å². The summed E-state index contributed by atoms with van der Waals surface area (Å²) in [7, 11) is 0. The van der Waals surface area contributed by atoms with Crippen LogP contribution in [-0.4, -0.2) is 9.97 Å². The lowest BCUT2D eigenvalue weighted by Gasteiger charge is -2.16. The highest BCUT2D eigenvalue weighted by Gasteiger charge is 2.35. The molecule has 3 aromatic rings. The molecule has 0 amide bonds. The third-order valence-corrected chi connectivity index (χ3v) is 4.12. The highest BCUT2D eigenvalue weighted by Crippen LogP contribution is 2.35. The molecule has 0 unspecified atom stereocenters. The van der Waals surface area contributed by atoms with Gasteiger partial charge in [0.25, 0.3) is 0 Å². The first kappa shape index (κ1) is 18.2. The van der Waals surface area contributed by atoms with E-state index >= 15 is 0 Å². The Hall–Kier alpha value is -2.61. The maximum Gasteiger partial charge on any atom is 0.421 e. The molecule has 8 heteroatoms. The van der Waals surface area contributed by atoms with Gasteiger partial charge in [0.15, 0.2) is 0 Å². The number of anilines is 4. The van der Waals surface area contributed by atoms with Crippen LogP contribution >= 0.6 is 15.9 Å². The van der Waals surface area contributed by atoms with Crippen LogP contribution < -0.4 is 10.6 Å². The highest BCUT2D eigenvalue weighted by atomic mass is 79.9. The van der Waals surface area contributed by atoms with Gasteiger partial charge in [-0.1, -0.05) is 34.1 Å². The van der Waals surface area contributed by atoms with Gasteiger partial charge < -0.3 is 10.6 Å². The van der Waals surface area contributed by atoms with Crippen LogP contribution in [0.2, 0.25) is 0 Å². The van der Waals surface area contributed by atoms with Crippen LogP contribution in [0.5, 0.6) is 0 Å². The van der Waals surface area contributed by atoms with Gasteiger partial charge in [-0.15, -0.1) is 0 Å². The number of aromatic nitrogens is 2. The average molecular weight is 423 g/mol. The van der Waals surface area contributed by atoms with Crippen molar-refractivity contribution in [2.24, 2.45) is 0 Å². The predicted octanol–water partition coefficient (Wildman–Crippen LogP) is 6.05. The number of rotatable bonds is 4. The molecule has 2 aromatic carbocycles. The maximum absolute atomic E-state index is 13.3. The molecule has 2 N–H and O–H groups in total. The monoisotopic (exact) mass is 422 g/mol. The van der Waals surface area contributed by atoms with E-state index in [1.807, 2.05) is 6.07 Å². The van der Waals surface area contributed by atoms with E-state index in [1.165, 1.54) is 0 Å². The van der Waals surface area contributed by atoms with Gasteiger partial charge in [-0.2, -0.15) is 18.2 Å². The van der Waals surface area contributed by atoms with Gasteiger partial charge in [0, 0.05) is 22.0 Å². The van der Waals surface area contributed by atoms with E-state index in [0.29, 0.717) is 11.4 Å². The minimum Gasteiger partial charge on any atom is -0.339 e. The van der Waals surface area contributed by atoms with Crippen molar-refractivity contribution in [3.63, 3.8) is 0 Å². The molecule has 0 saturated heterocycles. The standard InChI is InChI=1S/C18H14BrF3N4/c1-11-4-2-3-5-15(11)25-16-14(18(20,21)22)10-23-17(26-16)24-13-8-6-12(19)7-9-13/h2-10H,1H3,(H2,23,24,25,26). The van der Waals surface area contributed by atoms with E-state index in [0.717, 1.165) is 16.2 Å². The second-order valence-electron chi connectivity index (χ2n) is 5.53. The summed E-state index contributed by atoms with van der Waals surface area (Å²) in [4.78, 5) is 7.82. The summed E-state index contributed by atoms with van der Waals surface area (Å²) < 4.78 is 40.8. The topological polar surface area (TPSA) is 49.8 Å². The zero-order valence-corrected chi connectivity index (χ0v) is 15.2. The number of halogens is 4. The van der Waals surface area contributed by atoms with Gasteiger partial charge >= 0.3 is 6.18 Å². The summed E-state index contributed by atoms with van der Waals surface area (Å²) in [6.07, 6.45) is -3.80. The van der Waals surface area contributed by atoms with E-state index in [-0.39, 0.29) is 11.8 Å². The number of nitrogens with zero attached hydrogens (tertiary/aromatic N) is 2. The highest BCUT2D eigenvalue weighted by molar-refractivity contribution is 9.10. The third kappa shape index (κ3) is 4.32. The van der Waals surface area contributed by atoms with Crippen molar-refractivity contribution in [1.29, 1.82) is 0 Å². The molecular weight excluding hydrogens is 409 g/mol. The molecule has 0 aliphatic rings. The Balaban J connectivity index is 1.96. The van der Waals surface area contributed by atoms with E-state index in [1.54, 1.807) is 49.4 Å². The van der Waals surface area contributed by atoms with Crippen molar-refractivity contribution in [2.45, 2.75) is 13.1 Å². The minimum absolute atomic E-state index is 0.0661. The number of hydrogen-bond donors (Lipinski definition) is 2. The molecule has 0 spiro atoms. The fourth-order valence-corrected chi connectivity index (χ4v) is 2.51. The van der Waals surface area contributed by atoms with E-state index in [4.69, 9.17) is 0 Å². The number of aryl methyl sites for hydroxylation is 1. The number of benzene rings is 2. The van der Waals surface area contributed by atoms with Gasteiger partial charge in [0.2, 0.25) is 5.95 Å². The van der Waals surface area contributed by atoms with Crippen molar-refractivity contribution in [3.8, 4) is 0 Å². The molecule has 1 aromatic heterocycles. The summed E-state index contributed by atoms with van der Waals surface area (Å²) in [6.45, 7) is 1.80. The Kier molecular flexibility index (Phi) is 5.13. The first-order chi connectivity index (χ1) is 12.3. The predicted molar refractivity (Wildman–Crippen MR) is 98.9 cm³/mol. The lowest BCUT2D eigenvalue weighted by Crippen LogP contribution is -2.13. The first-order valence-electron chi connectivity index (χ1n) is 7.62. The lowest BCUT2D eigenvalue weighted by molar-refractivity contribution is -0.137. The molecule has 4 nitrogen and oxygen atoms in total. The second-order valence-corrected chi connectivity index (χ2v) is 6.44. The molecule has 26 heavy (non-hydrogen) atoms. The molecule has 0 bridgehead atoms. The molecule has 1 heterocycles. The van der Waals surface area contributed by atoms with Gasteiger partial charge in [-0.05, 0) is 42.8 Å². The Labute approximate surface area is 156 Å². The van der Waals surface area contributed by atoms with Crippen LogP contribution in [0.4, 0.5) is 36.3 Å². The molecule has 3 rings (SSSR count). The maximum atomic E-state index is 13.3. The third-order valence-electron chi connectivity index (χ3n) is 3.59. The second kappa shape index (κ2) is 7.33. The average Bonchev–Trinajstić information content (AvgIpc) is 2.58. The molecule has 0 saturated carbocycles. The Morgan fingerprint density at radius 3 is 2.31 bits per heavy atom. The first-order valence-corrected chi connectivity index (χ1v) is 8.42. The summed E-state index contributed by atoms with van der Waals surface area (Å²) in [5, 5.41) is 5.66. The van der Waals surface area contributed by atoms with Crippen LogP contribution in [-0.2, 0) is 6.18 Å². The van der Waals surface area contributed by atoms with E-state index in [9.17, 15) is 13.2 Å². The molecule has 0 aliphatic carbocycles. The number of para-hydroxylation sites is 1. The van der Waals surface area contributed by atoms with E-state index < -0.39 is 11.7 Å². The lowest BCUT2D eigenvalue weighted by atomic mass is 10.2. The molecule has 0 fully saturated rings. The number of hydrogen-bond acceptors (Lipinski definition) is 4. The van der Waals surface area contributed by atoms with Gasteiger partial charge in [-0.3, -0.25) is 0 Å². The van der Waals surface area contributed by atoms with Gasteiger partial charge in [-0.25, -0.2) is 4.98 Å². The molecule has 0 aliphatic heterocycles. The molecule has 134 valence electrons. The fraction of sp³-hybridized carbons (Fsp3) is 0.111. The quantitative estimate of drug-likeness (QED) is 0.536. The van der Waals surface area contributed by atoms with Crippen LogP contribution in [0.25, 0.3) is 0 Å². The normalized spacial score (nSPS) is 11.3. The molecule has 0 atom stereocenters. The summed E-state index contributed by atoms with van der Waals surface area (Å²) in [6, 6.07) is 14.2. The summed E-state index contributed by atoms with van der Waals surface area (Å²) >= 11 is 3.32. The van der Waals surface area contributed by atoms with Crippen LogP contribution in [0, 0.1) is 6.92 Å². The Morgan fingerprint density at radius 1 is 0.962 bits per heavy atom. The largest absolute Gasteiger partial charge is 0.421 e. The smallest absolute Gasteiger partial charge is 0.339 e. The van der Waals surface area contributed by atoms with Crippen molar-refractivity contribution in [3.05, 3.63) is 70.3 Å². The zero-order valence-electron chi connectivity index (χ0n) is 13.6. The van der Waals surface area contributed by atoms with Crippen LogP contribution in [0.1, 0.15) is 11.1 Å². The van der Waals surface area contributed by atoms with Crippen molar-refractivity contribution in [2.75, 3.05) is 10.6 Å². The number of alkyl halides is 3. The van der Waals surface area contributed by atoms with Crippen molar-refractivity contribution >= 4 is 39.1 Å². The Morgan fingerprint density at radius 2 is 1.65 bits per heavy atom. The minimum atomic E-state index is -4.57. The van der Waals surface area contributed by atoms with Crippen LogP contribution in [0.15, 0.2) is 59.2 Å². The van der Waals surface area contributed by atoms with Crippen LogP contribution in [0.3, 0.4) is 0 Å². The van der Waals surface area contributed by atoms with Gasteiger partial charge in [0.1, 0.15) is 11.4 Å². The summed E-state index contributed by atoms with van der Waals surface area (Å²) in [5.74, 6) is -0.238. The molecule has 0 radical (unpaired) electrons. The SMILES string of the molecule is Cc1ccccc1Nc1nc(Nc2ccc(Br)cc2)ncc1C(F)(F)F. The summed E-state index contributed by atoms with van der Waals surface area (Å²) in [5.41, 5.74) is 1.09. The molecular formula is C18H14BrF3N4. The van der Waals surface area contributed by atoms with Crippen molar-refractivity contribution < 1.29 is 13.2 Å². The number of nitrogens with one attached hydrogen (secondary N) is 2. The van der Waals surface area contributed by atoms with Crippen molar-refractivity contribution in [1.82, 2.24) is 9.97 Å².